The third-order valence-corrected chi connectivity index (χ3v) is 11.4. The highest BCUT2D eigenvalue weighted by Crippen LogP contribution is 2.46. The smallest absolute Gasteiger partial charge is 0.165 e. The predicted octanol–water partition coefficient (Wildman–Crippen LogP) is 13.2. The molecule has 0 radical (unpaired) electrons. The molecule has 54 heavy (non-hydrogen) atoms. The van der Waals surface area contributed by atoms with Gasteiger partial charge in [-0.1, -0.05) is 158 Å². The lowest BCUT2D eigenvalue weighted by molar-refractivity contribution is 1.07. The number of aromatic nitrogens is 4. The maximum atomic E-state index is 8.90. The Morgan fingerprint density at radius 3 is 1.78 bits per heavy atom. The van der Waals surface area contributed by atoms with Gasteiger partial charge in [-0.05, 0) is 40.6 Å². The summed E-state index contributed by atoms with van der Waals surface area (Å²) in [5.74, 6) is 0.649. The third kappa shape index (κ3) is 4.86. The summed E-state index contributed by atoms with van der Waals surface area (Å²) in [6.07, 6.45) is 0. The zero-order valence-electron chi connectivity index (χ0n) is 33.6. The molecule has 4 nitrogen and oxygen atoms in total. The van der Waals surface area contributed by atoms with Crippen LogP contribution in [0, 0.1) is 0 Å². The molecule has 0 aliphatic carbocycles. The van der Waals surface area contributed by atoms with E-state index in [1.165, 1.54) is 5.39 Å². The van der Waals surface area contributed by atoms with Gasteiger partial charge in [0.1, 0.15) is 0 Å². The van der Waals surface area contributed by atoms with E-state index in [0.717, 1.165) is 69.7 Å². The summed E-state index contributed by atoms with van der Waals surface area (Å²) in [6.45, 7) is 0. The number of hydrogen-bond acceptors (Lipinski definition) is 4. The second-order valence-electron chi connectivity index (χ2n) is 13.2. The first-order valence-corrected chi connectivity index (χ1v) is 18.5. The van der Waals surface area contributed by atoms with Crippen molar-refractivity contribution in [3.63, 3.8) is 0 Å². The Morgan fingerprint density at radius 2 is 1.00 bits per heavy atom. The van der Waals surface area contributed by atoms with Crippen LogP contribution in [0.4, 0.5) is 0 Å². The molecule has 252 valence electrons. The van der Waals surface area contributed by atoms with E-state index in [1.807, 2.05) is 30.3 Å². The molecular weight excluding hydrogens is 677 g/mol. The lowest BCUT2D eigenvalue weighted by Gasteiger charge is -2.13. The van der Waals surface area contributed by atoms with Gasteiger partial charge in [0, 0.05) is 58.9 Å². The van der Waals surface area contributed by atoms with Crippen LogP contribution in [0.3, 0.4) is 0 Å². The zero-order chi connectivity index (χ0) is 39.9. The van der Waals surface area contributed by atoms with Crippen LogP contribution >= 0.6 is 11.3 Å². The Labute approximate surface area is 322 Å². The summed E-state index contributed by atoms with van der Waals surface area (Å²) in [5.41, 5.74) is 6.62. The average molecular weight is 712 g/mol. The normalized spacial score (nSPS) is 13.0. The fourth-order valence-electron chi connectivity index (χ4n) is 7.74. The highest BCUT2D eigenvalue weighted by Gasteiger charge is 2.22. The van der Waals surface area contributed by atoms with Crippen LogP contribution in [-0.2, 0) is 0 Å². The number of thiophene rings is 1. The molecule has 3 heterocycles. The first-order valence-electron chi connectivity index (χ1n) is 20.2. The van der Waals surface area contributed by atoms with E-state index in [9.17, 15) is 0 Å². The molecule has 11 aromatic rings. The molecule has 8 aromatic carbocycles. The predicted molar refractivity (Wildman–Crippen MR) is 226 cm³/mol. The molecule has 0 unspecified atom stereocenters. The molecule has 0 bridgehead atoms. The quantitative estimate of drug-likeness (QED) is 0.178. The fraction of sp³-hybridized carbons (Fsp3) is 0. The minimum absolute atomic E-state index is 0.00109. The van der Waals surface area contributed by atoms with Crippen LogP contribution in [0.5, 0.6) is 0 Å². The van der Waals surface area contributed by atoms with Gasteiger partial charge in [-0.2, -0.15) is 0 Å². The first kappa shape index (κ1) is 25.9. The Hall–Kier alpha value is -6.95. The van der Waals surface area contributed by atoms with Gasteiger partial charge >= 0.3 is 0 Å². The molecule has 0 atom stereocenters. The topological polar surface area (TPSA) is 43.6 Å². The number of nitrogens with zero attached hydrogens (tertiary/aromatic N) is 4. The molecule has 11 rings (SSSR count). The summed E-state index contributed by atoms with van der Waals surface area (Å²) < 4.78 is 47.4. The van der Waals surface area contributed by atoms with Gasteiger partial charge in [0.05, 0.1) is 17.9 Å². The lowest BCUT2D eigenvalue weighted by Crippen LogP contribution is -2.01. The molecular formula is C49H30N4S. The molecule has 0 saturated carbocycles. The number of hydrogen-bond donors (Lipinski definition) is 0. The van der Waals surface area contributed by atoms with E-state index in [0.29, 0.717) is 17.2 Å². The monoisotopic (exact) mass is 711 g/mol. The molecule has 5 heteroatoms. The first-order chi connectivity index (χ1) is 28.9. The molecule has 0 fully saturated rings. The maximum Gasteiger partial charge on any atom is 0.165 e. The van der Waals surface area contributed by atoms with Gasteiger partial charge in [0.2, 0.25) is 0 Å². The molecule has 0 saturated heterocycles. The summed E-state index contributed by atoms with van der Waals surface area (Å²) in [6, 6.07) is 49.8. The van der Waals surface area contributed by atoms with Crippen molar-refractivity contribution >= 4 is 64.1 Å². The summed E-state index contributed by atoms with van der Waals surface area (Å²) in [7, 11) is 0. The van der Waals surface area contributed by atoms with E-state index in [4.69, 9.17) is 21.8 Å². The summed E-state index contributed by atoms with van der Waals surface area (Å²) >= 11 is 1.67. The Balaban J connectivity index is 1.28. The second kappa shape index (κ2) is 12.3. The zero-order valence-corrected chi connectivity index (χ0v) is 29.4. The number of para-hydroxylation sites is 2. The standard InChI is InChI=1S/C49H30N4S/c1-3-16-32(17-4-1)47-50-48(33-18-5-2-6-19-33)52-49(51-47)42-30-34(53-43-27-11-9-22-37(43)38-23-10-12-28-44(38)53)29-41-40-26-14-25-39(45(40)54-46(41)42)36-24-13-20-31-15-7-8-21-35(31)36/h1-30H/i1D,3D,4D,16D,17D. The third-order valence-electron chi connectivity index (χ3n) is 10.1. The van der Waals surface area contributed by atoms with Crippen molar-refractivity contribution in [2.45, 2.75) is 0 Å². The van der Waals surface area contributed by atoms with Crippen LogP contribution in [-0.4, -0.2) is 19.5 Å². The van der Waals surface area contributed by atoms with Crippen LogP contribution in [0.2, 0.25) is 0 Å². The minimum atomic E-state index is -0.478. The van der Waals surface area contributed by atoms with Gasteiger partial charge < -0.3 is 4.57 Å². The summed E-state index contributed by atoms with van der Waals surface area (Å²) in [4.78, 5) is 15.0. The van der Waals surface area contributed by atoms with Gasteiger partial charge in [0.15, 0.2) is 17.5 Å². The molecule has 0 aliphatic heterocycles. The maximum absolute atomic E-state index is 8.90. The van der Waals surface area contributed by atoms with Crippen LogP contribution in [0.25, 0.3) is 104 Å². The van der Waals surface area contributed by atoms with Crippen molar-refractivity contribution in [3.8, 4) is 51.0 Å². The van der Waals surface area contributed by atoms with Crippen LogP contribution < -0.4 is 0 Å². The van der Waals surface area contributed by atoms with Crippen molar-refractivity contribution in [2.75, 3.05) is 0 Å². The molecule has 3 aromatic heterocycles. The molecule has 0 amide bonds. The largest absolute Gasteiger partial charge is 0.309 e. The Morgan fingerprint density at radius 1 is 0.426 bits per heavy atom. The van der Waals surface area contributed by atoms with Gasteiger partial charge in [-0.3, -0.25) is 0 Å². The van der Waals surface area contributed by atoms with Crippen molar-refractivity contribution in [1.29, 1.82) is 0 Å². The summed E-state index contributed by atoms with van der Waals surface area (Å²) in [5, 5.41) is 6.70. The van der Waals surface area contributed by atoms with Crippen molar-refractivity contribution in [2.24, 2.45) is 0 Å². The SMILES string of the molecule is [2H]c1c([2H])c([2H])c(-c2nc(-c3ccccc3)nc(-c3cc(-n4c5ccccc5c5ccccc54)cc4c3sc3c(-c5cccc6ccccc56)cccc34)n2)c([2H])c1[2H]. The van der Waals surface area contributed by atoms with Gasteiger partial charge in [-0.15, -0.1) is 11.3 Å². The average Bonchev–Trinajstić information content (AvgIpc) is 3.83. The number of rotatable bonds is 5. The Bertz CT molecular complexity index is 3440. The highest BCUT2D eigenvalue weighted by molar-refractivity contribution is 7.26. The number of fused-ring (bicyclic) bond motifs is 7. The molecule has 0 aliphatic rings. The molecule has 0 spiro atoms. The van der Waals surface area contributed by atoms with Crippen LogP contribution in [0.1, 0.15) is 6.85 Å². The van der Waals surface area contributed by atoms with E-state index < -0.39 is 18.1 Å². The van der Waals surface area contributed by atoms with Crippen molar-refractivity contribution in [1.82, 2.24) is 19.5 Å². The molecule has 0 N–H and O–H groups in total. The highest BCUT2D eigenvalue weighted by atomic mass is 32.1. The number of benzene rings is 8. The van der Waals surface area contributed by atoms with Gasteiger partial charge in [-0.25, -0.2) is 15.0 Å². The second-order valence-corrected chi connectivity index (χ2v) is 14.2. The van der Waals surface area contributed by atoms with Crippen molar-refractivity contribution in [3.05, 3.63) is 182 Å². The van der Waals surface area contributed by atoms with E-state index in [1.54, 1.807) is 11.3 Å². The van der Waals surface area contributed by atoms with E-state index >= 15 is 0 Å². The minimum Gasteiger partial charge on any atom is -0.309 e. The fourth-order valence-corrected chi connectivity index (χ4v) is 9.06. The Kier molecular flexibility index (Phi) is 5.92. The van der Waals surface area contributed by atoms with Crippen LogP contribution in [0.15, 0.2) is 182 Å². The van der Waals surface area contributed by atoms with Gasteiger partial charge in [0.25, 0.3) is 0 Å². The van der Waals surface area contributed by atoms with Crippen molar-refractivity contribution < 1.29 is 6.85 Å². The lowest BCUT2D eigenvalue weighted by atomic mass is 9.96. The van der Waals surface area contributed by atoms with E-state index in [2.05, 4.69) is 126 Å². The van der Waals surface area contributed by atoms with E-state index in [-0.39, 0.29) is 23.5 Å².